The molecule has 0 aliphatic carbocycles. The smallest absolute Gasteiger partial charge is 0.256 e. The van der Waals surface area contributed by atoms with E-state index in [1.807, 2.05) is 48.0 Å². The number of hydrazine groups is 1. The van der Waals surface area contributed by atoms with Gasteiger partial charge < -0.3 is 14.7 Å². The van der Waals surface area contributed by atoms with Gasteiger partial charge in [-0.3, -0.25) is 14.6 Å². The van der Waals surface area contributed by atoms with Crippen LogP contribution in [-0.4, -0.2) is 53.7 Å². The Morgan fingerprint density at radius 2 is 1.78 bits per heavy atom. The zero-order valence-corrected chi connectivity index (χ0v) is 22.4. The molecule has 0 spiro atoms. The summed E-state index contributed by atoms with van der Waals surface area (Å²) in [6.45, 7) is 8.20. The Hall–Kier alpha value is -3.10. The molecule has 1 aliphatic heterocycles. The number of benzene rings is 2. The molecule has 2 heterocycles. The maximum atomic E-state index is 13.4. The summed E-state index contributed by atoms with van der Waals surface area (Å²) in [4.78, 5) is 28.1. The minimum atomic E-state index is -0.0910. The predicted octanol–water partition coefficient (Wildman–Crippen LogP) is 4.37. The van der Waals surface area contributed by atoms with Gasteiger partial charge in [0, 0.05) is 37.8 Å². The fourth-order valence-corrected chi connectivity index (χ4v) is 4.54. The van der Waals surface area contributed by atoms with Gasteiger partial charge in [-0.1, -0.05) is 49.2 Å². The summed E-state index contributed by atoms with van der Waals surface area (Å²) >= 11 is 0. The summed E-state index contributed by atoms with van der Waals surface area (Å²) in [5, 5.41) is 11.7. The van der Waals surface area contributed by atoms with Crippen LogP contribution in [0.15, 0.2) is 40.9 Å². The molecule has 9 heteroatoms. The molecule has 194 valence electrons. The molecule has 3 aromatic rings. The van der Waals surface area contributed by atoms with Crippen LogP contribution in [0, 0.1) is 13.8 Å². The van der Waals surface area contributed by atoms with Crippen LogP contribution < -0.4 is 10.2 Å². The van der Waals surface area contributed by atoms with Crippen LogP contribution in [0.4, 0.5) is 5.69 Å². The van der Waals surface area contributed by atoms with Crippen molar-refractivity contribution in [1.29, 1.82) is 0 Å². The van der Waals surface area contributed by atoms with E-state index in [1.165, 1.54) is 11.1 Å². The normalized spacial score (nSPS) is 12.8. The predicted molar refractivity (Wildman–Crippen MR) is 144 cm³/mol. The van der Waals surface area contributed by atoms with Crippen LogP contribution in [0.2, 0.25) is 0 Å². The Kier molecular flexibility index (Phi) is 9.34. The first-order valence-corrected chi connectivity index (χ1v) is 12.3. The highest BCUT2D eigenvalue weighted by Gasteiger charge is 2.27. The largest absolute Gasteiger partial charge is 0.356 e. The zero-order chi connectivity index (χ0) is 24.9. The summed E-state index contributed by atoms with van der Waals surface area (Å²) in [6.07, 6.45) is 3.12. The van der Waals surface area contributed by atoms with Crippen molar-refractivity contribution in [1.82, 2.24) is 20.5 Å². The molecule has 1 aromatic heterocycles. The number of nitrogens with one attached hydrogen (secondary N) is 1. The van der Waals surface area contributed by atoms with Gasteiger partial charge in [0.2, 0.25) is 5.91 Å². The van der Waals surface area contributed by atoms with Gasteiger partial charge in [0.25, 0.3) is 5.91 Å². The van der Waals surface area contributed by atoms with Crippen molar-refractivity contribution in [3.8, 4) is 0 Å². The molecule has 0 saturated carbocycles. The maximum Gasteiger partial charge on any atom is 0.256 e. The Morgan fingerprint density at radius 1 is 1.08 bits per heavy atom. The van der Waals surface area contributed by atoms with Gasteiger partial charge in [-0.25, -0.2) is 5.01 Å². The van der Waals surface area contributed by atoms with Gasteiger partial charge in [0.15, 0.2) is 5.58 Å². The Balaban J connectivity index is 0.00000361. The average Bonchev–Trinajstić information content (AvgIpc) is 3.43. The van der Waals surface area contributed by atoms with Crippen molar-refractivity contribution in [2.75, 3.05) is 31.6 Å². The highest BCUT2D eigenvalue weighted by molar-refractivity contribution is 5.90. The van der Waals surface area contributed by atoms with E-state index in [0.29, 0.717) is 25.2 Å². The number of carbonyl (C=O) groups is 2. The van der Waals surface area contributed by atoms with E-state index in [-0.39, 0.29) is 37.3 Å². The van der Waals surface area contributed by atoms with E-state index in [4.69, 9.17) is 4.52 Å². The second-order valence-electron chi connectivity index (χ2n) is 9.32. The number of anilines is 1. The standard InChI is InChI=1S/C27H35N5O3.ClH/c1-5-6-9-12-28-26(33)17-31(24-14-23-20(3)29-35-25(23)13-19(24)2)18-27(34)30(4)32-15-21-10-7-8-11-22(21)16-32;/h7-8,10-11,13-14H,5-6,9,12,15-18H2,1-4H3,(H,28,33);1H. The van der Waals surface area contributed by atoms with Gasteiger partial charge in [0.05, 0.1) is 18.8 Å². The molecule has 0 bridgehead atoms. The lowest BCUT2D eigenvalue weighted by Gasteiger charge is -2.32. The Bertz CT molecular complexity index is 1190. The number of nitrogens with zero attached hydrogens (tertiary/aromatic N) is 4. The summed E-state index contributed by atoms with van der Waals surface area (Å²) in [5.74, 6) is -0.162. The van der Waals surface area contributed by atoms with Gasteiger partial charge in [-0.15, -0.1) is 12.4 Å². The fraction of sp³-hybridized carbons (Fsp3) is 0.444. The quantitative estimate of drug-likeness (QED) is 0.405. The second-order valence-corrected chi connectivity index (χ2v) is 9.32. The second kappa shape index (κ2) is 12.2. The molecule has 1 aliphatic rings. The van der Waals surface area contributed by atoms with Crippen LogP contribution in [0.1, 0.15) is 48.6 Å². The topological polar surface area (TPSA) is 81.9 Å². The molecule has 0 unspecified atom stereocenters. The number of rotatable bonds is 10. The van der Waals surface area contributed by atoms with Gasteiger partial charge in [-0.2, -0.15) is 0 Å². The average molecular weight is 514 g/mol. The number of hydrogen-bond acceptors (Lipinski definition) is 6. The summed E-state index contributed by atoms with van der Waals surface area (Å²) in [5.41, 5.74) is 5.71. The minimum Gasteiger partial charge on any atom is -0.356 e. The van der Waals surface area contributed by atoms with Gasteiger partial charge in [0.1, 0.15) is 0 Å². The summed E-state index contributed by atoms with van der Waals surface area (Å²) in [7, 11) is 1.80. The minimum absolute atomic E-state index is 0. The lowest BCUT2D eigenvalue weighted by molar-refractivity contribution is -0.145. The molecule has 4 rings (SSSR count). The number of aromatic nitrogens is 1. The molecule has 2 aromatic carbocycles. The third-order valence-corrected chi connectivity index (χ3v) is 6.68. The van der Waals surface area contributed by atoms with E-state index in [9.17, 15) is 9.59 Å². The van der Waals surface area contributed by atoms with E-state index in [1.54, 1.807) is 12.1 Å². The first kappa shape index (κ1) is 27.5. The molecule has 2 amide bonds. The van der Waals surface area contributed by atoms with Crippen molar-refractivity contribution in [2.45, 2.75) is 53.1 Å². The summed E-state index contributed by atoms with van der Waals surface area (Å²) < 4.78 is 5.41. The zero-order valence-electron chi connectivity index (χ0n) is 21.5. The van der Waals surface area contributed by atoms with E-state index >= 15 is 0 Å². The fourth-order valence-electron chi connectivity index (χ4n) is 4.54. The highest BCUT2D eigenvalue weighted by atomic mass is 35.5. The molecule has 0 fully saturated rings. The number of hydrogen-bond donors (Lipinski definition) is 1. The van der Waals surface area contributed by atoms with Crippen molar-refractivity contribution in [3.63, 3.8) is 0 Å². The van der Waals surface area contributed by atoms with Gasteiger partial charge >= 0.3 is 0 Å². The van der Waals surface area contributed by atoms with Crippen LogP contribution >= 0.6 is 12.4 Å². The molecule has 0 atom stereocenters. The van der Waals surface area contributed by atoms with Crippen molar-refractivity contribution >= 4 is 40.9 Å². The number of carbonyl (C=O) groups excluding carboxylic acids is 2. The Morgan fingerprint density at radius 3 is 2.44 bits per heavy atom. The molecule has 1 N–H and O–H groups in total. The monoisotopic (exact) mass is 513 g/mol. The number of unbranched alkanes of at least 4 members (excludes halogenated alkanes) is 2. The SMILES string of the molecule is CCCCCNC(=O)CN(CC(=O)N(C)N1Cc2ccccc2C1)c1cc2c(C)noc2cc1C.Cl. The Labute approximate surface area is 219 Å². The third kappa shape index (κ3) is 6.17. The highest BCUT2D eigenvalue weighted by Crippen LogP contribution is 2.29. The molecule has 8 nitrogen and oxygen atoms in total. The number of aryl methyl sites for hydroxylation is 2. The first-order chi connectivity index (χ1) is 16.9. The maximum absolute atomic E-state index is 13.4. The van der Waals surface area contributed by atoms with Crippen molar-refractivity contribution in [3.05, 3.63) is 58.8 Å². The van der Waals surface area contributed by atoms with E-state index in [0.717, 1.165) is 41.6 Å². The van der Waals surface area contributed by atoms with Gasteiger partial charge in [-0.05, 0) is 49.1 Å². The molecular weight excluding hydrogens is 478 g/mol. The number of likely N-dealkylation sites (N-methyl/N-ethyl adjacent to an activating group) is 1. The van der Waals surface area contributed by atoms with Crippen molar-refractivity contribution < 1.29 is 14.1 Å². The first-order valence-electron chi connectivity index (χ1n) is 12.3. The molecule has 0 saturated heterocycles. The van der Waals surface area contributed by atoms with E-state index < -0.39 is 0 Å². The number of halogens is 1. The van der Waals surface area contributed by atoms with Crippen molar-refractivity contribution in [2.24, 2.45) is 0 Å². The molecule has 0 radical (unpaired) electrons. The lowest BCUT2D eigenvalue weighted by Crippen LogP contribution is -2.48. The molecular formula is C27H36ClN5O3. The van der Waals surface area contributed by atoms with Crippen LogP contribution in [0.25, 0.3) is 11.0 Å². The summed E-state index contributed by atoms with van der Waals surface area (Å²) in [6, 6.07) is 12.1. The van der Waals surface area contributed by atoms with E-state index in [2.05, 4.69) is 29.5 Å². The molecule has 36 heavy (non-hydrogen) atoms. The van der Waals surface area contributed by atoms with Crippen LogP contribution in [0.5, 0.6) is 0 Å². The van der Waals surface area contributed by atoms with Crippen LogP contribution in [0.3, 0.4) is 0 Å². The van der Waals surface area contributed by atoms with Crippen LogP contribution in [-0.2, 0) is 22.7 Å². The number of amides is 2. The lowest BCUT2D eigenvalue weighted by atomic mass is 10.1. The number of fused-ring (bicyclic) bond motifs is 2. The third-order valence-electron chi connectivity index (χ3n) is 6.68.